The minimum atomic E-state index is 0.00162. The Hall–Kier alpha value is -1.07. The quantitative estimate of drug-likeness (QED) is 0.848. The van der Waals surface area contributed by atoms with Crippen LogP contribution in [-0.4, -0.2) is 42.2 Å². The average molecular weight is 257 g/mol. The van der Waals surface area contributed by atoms with Gasteiger partial charge in [0.05, 0.1) is 12.0 Å². The molecule has 0 aliphatic carbocycles. The zero-order valence-corrected chi connectivity index (χ0v) is 11.3. The summed E-state index contributed by atoms with van der Waals surface area (Å²) in [5, 5.41) is 10.7. The van der Waals surface area contributed by atoms with Gasteiger partial charge in [0.25, 0.3) is 5.91 Å². The number of amides is 1. The maximum Gasteiger partial charge on any atom is 0.264 e. The lowest BCUT2D eigenvalue weighted by molar-refractivity contribution is 0.0698. The molecule has 96 valence electrons. The maximum absolute atomic E-state index is 12.2. The highest BCUT2D eigenvalue weighted by Gasteiger charge is 2.20. The van der Waals surface area contributed by atoms with Crippen LogP contribution in [0.4, 0.5) is 0 Å². The van der Waals surface area contributed by atoms with Crippen LogP contribution in [0.5, 0.6) is 5.75 Å². The lowest BCUT2D eigenvalue weighted by Gasteiger charge is -2.25. The lowest BCUT2D eigenvalue weighted by Crippen LogP contribution is -2.37. The van der Waals surface area contributed by atoms with Gasteiger partial charge in [0.1, 0.15) is 5.75 Å². The van der Waals surface area contributed by atoms with E-state index in [0.717, 1.165) is 0 Å². The van der Waals surface area contributed by atoms with Crippen molar-refractivity contribution in [3.05, 3.63) is 16.3 Å². The van der Waals surface area contributed by atoms with Gasteiger partial charge in [-0.25, -0.2) is 0 Å². The van der Waals surface area contributed by atoms with Crippen LogP contribution in [0.2, 0.25) is 0 Å². The molecule has 1 rings (SSSR count). The van der Waals surface area contributed by atoms with Gasteiger partial charge in [-0.3, -0.25) is 4.79 Å². The first-order valence-electron chi connectivity index (χ1n) is 5.64. The molecule has 1 aromatic rings. The van der Waals surface area contributed by atoms with Crippen LogP contribution in [0.15, 0.2) is 11.4 Å². The molecule has 1 N–H and O–H groups in total. The Kier molecular flexibility index (Phi) is 5.44. The van der Waals surface area contributed by atoms with E-state index in [1.165, 1.54) is 11.3 Å². The van der Waals surface area contributed by atoms with E-state index in [1.807, 2.05) is 19.2 Å². The molecule has 0 bridgehead atoms. The number of carbonyl (C=O) groups excluding carboxylic acids is 1. The van der Waals surface area contributed by atoms with Crippen LogP contribution in [0.3, 0.4) is 0 Å². The SMILES string of the molecule is COc1csc(C(=O)N(CCCO)C(C)C)c1. The maximum atomic E-state index is 12.2. The molecular weight excluding hydrogens is 238 g/mol. The van der Waals surface area contributed by atoms with Crippen LogP contribution < -0.4 is 4.74 Å². The van der Waals surface area contributed by atoms with Crippen molar-refractivity contribution in [2.75, 3.05) is 20.3 Å². The molecule has 5 heteroatoms. The van der Waals surface area contributed by atoms with Gasteiger partial charge in [-0.1, -0.05) is 0 Å². The van der Waals surface area contributed by atoms with Gasteiger partial charge >= 0.3 is 0 Å². The fraction of sp³-hybridized carbons (Fsp3) is 0.583. The zero-order chi connectivity index (χ0) is 12.8. The third-order valence-corrected chi connectivity index (χ3v) is 3.36. The van der Waals surface area contributed by atoms with Gasteiger partial charge in [0.2, 0.25) is 0 Å². The molecule has 0 atom stereocenters. The van der Waals surface area contributed by atoms with Gasteiger partial charge in [0.15, 0.2) is 0 Å². The Morgan fingerprint density at radius 1 is 1.59 bits per heavy atom. The number of aliphatic hydroxyl groups excluding tert-OH is 1. The summed E-state index contributed by atoms with van der Waals surface area (Å²) in [5.74, 6) is 0.714. The molecule has 1 amide bonds. The van der Waals surface area contributed by atoms with E-state index in [4.69, 9.17) is 9.84 Å². The van der Waals surface area contributed by atoms with Crippen LogP contribution in [0.1, 0.15) is 29.9 Å². The van der Waals surface area contributed by atoms with Crippen LogP contribution >= 0.6 is 11.3 Å². The van der Waals surface area contributed by atoms with Gasteiger partial charge in [-0.05, 0) is 20.3 Å². The predicted molar refractivity (Wildman–Crippen MR) is 68.7 cm³/mol. The van der Waals surface area contributed by atoms with E-state index in [-0.39, 0.29) is 18.6 Å². The Morgan fingerprint density at radius 2 is 2.29 bits per heavy atom. The minimum Gasteiger partial charge on any atom is -0.496 e. The van der Waals surface area contributed by atoms with Crippen molar-refractivity contribution >= 4 is 17.2 Å². The fourth-order valence-corrected chi connectivity index (χ4v) is 2.32. The number of rotatable bonds is 6. The minimum absolute atomic E-state index is 0.00162. The molecule has 0 saturated heterocycles. The molecule has 0 aliphatic rings. The van der Waals surface area contributed by atoms with Crippen LogP contribution in [0.25, 0.3) is 0 Å². The van der Waals surface area contributed by atoms with Crippen molar-refractivity contribution in [2.45, 2.75) is 26.3 Å². The number of thiophene rings is 1. The molecular formula is C12H19NO3S. The summed E-state index contributed by atoms with van der Waals surface area (Å²) in [6.45, 7) is 4.62. The van der Waals surface area contributed by atoms with Gasteiger partial charge in [0, 0.05) is 30.6 Å². The summed E-state index contributed by atoms with van der Waals surface area (Å²) in [4.78, 5) is 14.7. The van der Waals surface area contributed by atoms with Crippen molar-refractivity contribution in [3.8, 4) is 5.75 Å². The van der Waals surface area contributed by atoms with Crippen molar-refractivity contribution in [2.24, 2.45) is 0 Å². The fourth-order valence-electron chi connectivity index (χ4n) is 1.51. The molecule has 0 spiro atoms. The summed E-state index contributed by atoms with van der Waals surface area (Å²) in [7, 11) is 1.59. The second-order valence-electron chi connectivity index (χ2n) is 4.02. The standard InChI is InChI=1S/C12H19NO3S/c1-9(2)13(5-4-6-14)12(15)11-7-10(16-3)8-17-11/h7-9,14H,4-6H2,1-3H3. The Bertz CT molecular complexity index is 362. The third-order valence-electron chi connectivity index (χ3n) is 2.46. The Morgan fingerprint density at radius 3 is 2.76 bits per heavy atom. The molecule has 0 radical (unpaired) electrons. The van der Waals surface area contributed by atoms with Crippen molar-refractivity contribution in [1.29, 1.82) is 0 Å². The molecule has 0 unspecified atom stereocenters. The van der Waals surface area contributed by atoms with Crippen molar-refractivity contribution in [3.63, 3.8) is 0 Å². The Balaban J connectivity index is 2.76. The topological polar surface area (TPSA) is 49.8 Å². The summed E-state index contributed by atoms with van der Waals surface area (Å²) < 4.78 is 5.07. The smallest absolute Gasteiger partial charge is 0.264 e. The second kappa shape index (κ2) is 6.61. The number of carbonyl (C=O) groups is 1. The molecule has 0 aromatic carbocycles. The van der Waals surface area contributed by atoms with E-state index >= 15 is 0 Å². The molecule has 1 aromatic heterocycles. The lowest BCUT2D eigenvalue weighted by atomic mass is 10.2. The second-order valence-corrected chi connectivity index (χ2v) is 4.93. The normalized spacial score (nSPS) is 10.6. The molecule has 4 nitrogen and oxygen atoms in total. The van der Waals surface area contributed by atoms with E-state index < -0.39 is 0 Å². The summed E-state index contributed by atoms with van der Waals surface area (Å²) >= 11 is 1.38. The number of ether oxygens (including phenoxy) is 1. The van der Waals surface area contributed by atoms with E-state index in [1.54, 1.807) is 18.1 Å². The molecule has 0 fully saturated rings. The highest BCUT2D eigenvalue weighted by Crippen LogP contribution is 2.23. The third kappa shape index (κ3) is 3.71. The molecule has 0 aliphatic heterocycles. The number of nitrogens with zero attached hydrogens (tertiary/aromatic N) is 1. The highest BCUT2D eigenvalue weighted by molar-refractivity contribution is 7.12. The van der Waals surface area contributed by atoms with E-state index in [9.17, 15) is 4.79 Å². The van der Waals surface area contributed by atoms with Crippen LogP contribution in [0, 0.1) is 0 Å². The first-order chi connectivity index (χ1) is 8.10. The van der Waals surface area contributed by atoms with E-state index in [0.29, 0.717) is 23.6 Å². The highest BCUT2D eigenvalue weighted by atomic mass is 32.1. The van der Waals surface area contributed by atoms with Crippen molar-refractivity contribution in [1.82, 2.24) is 4.90 Å². The van der Waals surface area contributed by atoms with Gasteiger partial charge in [-0.2, -0.15) is 0 Å². The number of aliphatic hydroxyl groups is 1. The van der Waals surface area contributed by atoms with Crippen molar-refractivity contribution < 1.29 is 14.6 Å². The van der Waals surface area contributed by atoms with Gasteiger partial charge < -0.3 is 14.7 Å². The number of methoxy groups -OCH3 is 1. The van der Waals surface area contributed by atoms with E-state index in [2.05, 4.69) is 0 Å². The molecule has 17 heavy (non-hydrogen) atoms. The number of hydrogen-bond donors (Lipinski definition) is 1. The summed E-state index contributed by atoms with van der Waals surface area (Å²) in [6, 6.07) is 1.88. The number of hydrogen-bond acceptors (Lipinski definition) is 4. The zero-order valence-electron chi connectivity index (χ0n) is 10.5. The predicted octanol–water partition coefficient (Wildman–Crippen LogP) is 1.99. The average Bonchev–Trinajstić information content (AvgIpc) is 2.77. The Labute approximate surface area is 106 Å². The first kappa shape index (κ1) is 14.0. The first-order valence-corrected chi connectivity index (χ1v) is 6.52. The molecule has 0 saturated carbocycles. The van der Waals surface area contributed by atoms with Gasteiger partial charge in [-0.15, -0.1) is 11.3 Å². The van der Waals surface area contributed by atoms with Crippen LogP contribution in [-0.2, 0) is 0 Å². The summed E-state index contributed by atoms with van der Waals surface area (Å²) in [6.07, 6.45) is 0.604. The summed E-state index contributed by atoms with van der Waals surface area (Å²) in [5.41, 5.74) is 0. The molecule has 1 heterocycles. The largest absolute Gasteiger partial charge is 0.496 e. The monoisotopic (exact) mass is 257 g/mol.